The monoisotopic (exact) mass is 680 g/mol. The zero-order valence-electron chi connectivity index (χ0n) is 29.2. The highest BCUT2D eigenvalue weighted by Gasteiger charge is 2.43. The molecule has 262 valence electrons. The molecule has 0 unspecified atom stereocenters. The fourth-order valence-electron chi connectivity index (χ4n) is 6.00. The number of aliphatic hydroxyl groups is 1. The molecular formula is C37H52N4O6S. The van der Waals surface area contributed by atoms with Gasteiger partial charge in [0.05, 0.1) is 17.5 Å². The molecule has 0 fully saturated rings. The molecule has 5 N–H and O–H groups in total. The van der Waals surface area contributed by atoms with Gasteiger partial charge in [0.1, 0.15) is 5.60 Å². The van der Waals surface area contributed by atoms with E-state index >= 15 is 0 Å². The fraction of sp³-hybridized carbons (Fsp3) is 0.459. The van der Waals surface area contributed by atoms with Gasteiger partial charge in [-0.05, 0) is 103 Å². The standard InChI is InChI=1S/C37H52N4O6S/c1-26(2)41(48(45,46)31-22-20-29(38)21-23-31)30(25-42)19-14-24-37(6,7)40(35(44)47-36(3,4)5)34(43)33(39)32(27-15-10-8-11-16-27)28-17-12-9-13-18-28/h8-13,15-18,20-23,26,30,32-33,42H,14,19,24-25,38-39H2,1-7H3/t30-,33-/m0/s1. The van der Waals surface area contributed by atoms with Gasteiger partial charge in [-0.3, -0.25) is 4.79 Å². The number of nitrogens with two attached hydrogens (primary N) is 2. The number of imide groups is 1. The van der Waals surface area contributed by atoms with Crippen molar-refractivity contribution in [3.05, 3.63) is 96.1 Å². The number of carbonyl (C=O) groups excluding carboxylic acids is 2. The highest BCUT2D eigenvalue weighted by atomic mass is 32.2. The Kier molecular flexibility index (Phi) is 13.0. The normalized spacial score (nSPS) is 13.8. The van der Waals surface area contributed by atoms with E-state index in [1.54, 1.807) is 48.5 Å². The Morgan fingerprint density at radius 1 is 0.854 bits per heavy atom. The summed E-state index contributed by atoms with van der Waals surface area (Å²) in [6.07, 6.45) is 0.115. The highest BCUT2D eigenvalue weighted by Crippen LogP contribution is 2.33. The van der Waals surface area contributed by atoms with Gasteiger partial charge in [-0.2, -0.15) is 4.31 Å². The predicted molar refractivity (Wildman–Crippen MR) is 190 cm³/mol. The van der Waals surface area contributed by atoms with E-state index in [0.29, 0.717) is 12.1 Å². The Hall–Kier alpha value is -3.77. The molecule has 0 heterocycles. The second-order valence-electron chi connectivity index (χ2n) is 14.0. The van der Waals surface area contributed by atoms with Crippen LogP contribution in [0.2, 0.25) is 0 Å². The number of sulfonamides is 1. The van der Waals surface area contributed by atoms with Gasteiger partial charge in [-0.15, -0.1) is 0 Å². The number of ether oxygens (including phenoxy) is 1. The molecule has 10 nitrogen and oxygen atoms in total. The van der Waals surface area contributed by atoms with Crippen LogP contribution >= 0.6 is 0 Å². The van der Waals surface area contributed by atoms with Crippen LogP contribution in [0.25, 0.3) is 0 Å². The molecule has 0 aliphatic carbocycles. The number of rotatable bonds is 14. The number of amides is 2. The number of benzene rings is 3. The summed E-state index contributed by atoms with van der Waals surface area (Å²) in [6.45, 7) is 11.8. The van der Waals surface area contributed by atoms with Crippen molar-refractivity contribution < 1.29 is 27.9 Å². The van der Waals surface area contributed by atoms with Gasteiger partial charge >= 0.3 is 6.09 Å². The van der Waals surface area contributed by atoms with Crippen molar-refractivity contribution in [3.8, 4) is 0 Å². The van der Waals surface area contributed by atoms with Crippen LogP contribution in [0, 0.1) is 0 Å². The lowest BCUT2D eigenvalue weighted by atomic mass is 9.84. The van der Waals surface area contributed by atoms with Crippen molar-refractivity contribution in [2.45, 2.75) is 108 Å². The van der Waals surface area contributed by atoms with E-state index in [1.165, 1.54) is 28.6 Å². The van der Waals surface area contributed by atoms with Crippen molar-refractivity contribution in [1.82, 2.24) is 9.21 Å². The third kappa shape index (κ3) is 9.65. The summed E-state index contributed by atoms with van der Waals surface area (Å²) in [5, 5.41) is 10.4. The minimum Gasteiger partial charge on any atom is -0.443 e. The first kappa shape index (κ1) is 38.7. The van der Waals surface area contributed by atoms with Crippen LogP contribution in [-0.2, 0) is 19.6 Å². The summed E-state index contributed by atoms with van der Waals surface area (Å²) < 4.78 is 34.4. The quantitative estimate of drug-likeness (QED) is 0.178. The van der Waals surface area contributed by atoms with Crippen LogP contribution in [0.15, 0.2) is 89.8 Å². The average Bonchev–Trinajstić information content (AvgIpc) is 3.00. The van der Waals surface area contributed by atoms with Gasteiger partial charge < -0.3 is 21.3 Å². The first-order valence-corrected chi connectivity index (χ1v) is 17.8. The Bertz CT molecular complexity index is 1550. The van der Waals surface area contributed by atoms with E-state index in [-0.39, 0.29) is 17.7 Å². The highest BCUT2D eigenvalue weighted by molar-refractivity contribution is 7.89. The third-order valence-electron chi connectivity index (χ3n) is 8.22. The Morgan fingerprint density at radius 3 is 1.79 bits per heavy atom. The molecule has 3 rings (SSSR count). The molecule has 3 aromatic rings. The molecule has 0 bridgehead atoms. The van der Waals surface area contributed by atoms with Crippen molar-refractivity contribution in [2.24, 2.45) is 5.73 Å². The average molecular weight is 681 g/mol. The Balaban J connectivity index is 1.92. The fourth-order valence-corrected chi connectivity index (χ4v) is 7.84. The molecule has 0 saturated heterocycles. The van der Waals surface area contributed by atoms with Crippen molar-refractivity contribution in [2.75, 3.05) is 12.3 Å². The molecule has 48 heavy (non-hydrogen) atoms. The van der Waals surface area contributed by atoms with E-state index in [2.05, 4.69) is 0 Å². The minimum absolute atomic E-state index is 0.0752. The minimum atomic E-state index is -3.97. The number of hydrogen-bond acceptors (Lipinski definition) is 8. The molecule has 0 radical (unpaired) electrons. The van der Waals surface area contributed by atoms with Crippen LogP contribution in [0.4, 0.5) is 10.5 Å². The summed E-state index contributed by atoms with van der Waals surface area (Å²) >= 11 is 0. The number of nitrogen functional groups attached to an aromatic ring is 1. The van der Waals surface area contributed by atoms with Crippen molar-refractivity contribution in [3.63, 3.8) is 0 Å². The van der Waals surface area contributed by atoms with Gasteiger partial charge in [0.15, 0.2) is 0 Å². The SMILES string of the molecule is CC(C)N([C@H](CO)CCCC(C)(C)N(C(=O)OC(C)(C)C)C(=O)[C@@H](N)C(c1ccccc1)c1ccccc1)S(=O)(=O)c1ccc(N)cc1. The van der Waals surface area contributed by atoms with E-state index in [0.717, 1.165) is 16.0 Å². The lowest BCUT2D eigenvalue weighted by Gasteiger charge is -2.40. The number of carbonyl (C=O) groups is 2. The molecule has 0 aromatic heterocycles. The van der Waals surface area contributed by atoms with Gasteiger partial charge in [-0.1, -0.05) is 60.7 Å². The van der Waals surface area contributed by atoms with E-state index in [9.17, 15) is 23.1 Å². The van der Waals surface area contributed by atoms with Crippen LogP contribution in [0.5, 0.6) is 0 Å². The number of anilines is 1. The Morgan fingerprint density at radius 2 is 1.35 bits per heavy atom. The van der Waals surface area contributed by atoms with Crippen molar-refractivity contribution >= 4 is 27.7 Å². The summed E-state index contributed by atoms with van der Waals surface area (Å²) in [4.78, 5) is 29.4. The lowest BCUT2D eigenvalue weighted by molar-refractivity contribution is -0.137. The smallest absolute Gasteiger partial charge is 0.417 e. The van der Waals surface area contributed by atoms with Crippen LogP contribution in [-0.4, -0.2) is 70.6 Å². The summed E-state index contributed by atoms with van der Waals surface area (Å²) in [6, 6.07) is 22.5. The van der Waals surface area contributed by atoms with E-state index < -0.39 is 63.8 Å². The van der Waals surface area contributed by atoms with Crippen LogP contribution < -0.4 is 11.5 Å². The number of aliphatic hydroxyl groups excluding tert-OH is 1. The van der Waals surface area contributed by atoms with Gasteiger partial charge in [0.2, 0.25) is 15.9 Å². The summed E-state index contributed by atoms with van der Waals surface area (Å²) in [7, 11) is -3.97. The number of nitrogens with zero attached hydrogens (tertiary/aromatic N) is 2. The topological polar surface area (TPSA) is 156 Å². The van der Waals surface area contributed by atoms with Gasteiger partial charge in [-0.25, -0.2) is 18.1 Å². The maximum absolute atomic E-state index is 14.4. The molecule has 3 aromatic carbocycles. The second kappa shape index (κ2) is 16.1. The maximum Gasteiger partial charge on any atom is 0.417 e. The first-order valence-electron chi connectivity index (χ1n) is 16.3. The van der Waals surface area contributed by atoms with Crippen LogP contribution in [0.1, 0.15) is 84.8 Å². The summed E-state index contributed by atoms with van der Waals surface area (Å²) in [5.74, 6) is -1.14. The van der Waals surface area contributed by atoms with Gasteiger partial charge in [0.25, 0.3) is 0 Å². The molecule has 2 atom stereocenters. The molecule has 2 amide bonds. The summed E-state index contributed by atoms with van der Waals surface area (Å²) in [5.41, 5.74) is 12.7. The van der Waals surface area contributed by atoms with E-state index in [4.69, 9.17) is 16.2 Å². The third-order valence-corrected chi connectivity index (χ3v) is 10.4. The maximum atomic E-state index is 14.4. The zero-order valence-corrected chi connectivity index (χ0v) is 30.0. The van der Waals surface area contributed by atoms with Gasteiger partial charge in [0, 0.05) is 29.2 Å². The lowest BCUT2D eigenvalue weighted by Crippen LogP contribution is -2.58. The zero-order chi connectivity index (χ0) is 35.9. The second-order valence-corrected chi connectivity index (χ2v) is 15.9. The molecule has 0 saturated carbocycles. The molecule has 0 aliphatic heterocycles. The molecule has 11 heteroatoms. The van der Waals surface area contributed by atoms with Crippen LogP contribution in [0.3, 0.4) is 0 Å². The first-order chi connectivity index (χ1) is 22.4. The largest absolute Gasteiger partial charge is 0.443 e. The van der Waals surface area contributed by atoms with Crippen molar-refractivity contribution in [1.29, 1.82) is 0 Å². The van der Waals surface area contributed by atoms with E-state index in [1.807, 2.05) is 60.7 Å². The molecule has 0 aliphatic rings. The number of hydrogen-bond donors (Lipinski definition) is 3. The molecule has 0 spiro atoms. The Labute approximate surface area is 286 Å². The predicted octanol–water partition coefficient (Wildman–Crippen LogP) is 5.90. The molecular weight excluding hydrogens is 628 g/mol.